The van der Waals surface area contributed by atoms with Gasteiger partial charge < -0.3 is 10.0 Å². The molecule has 6 nitrogen and oxygen atoms in total. The fourth-order valence-corrected chi connectivity index (χ4v) is 3.44. The zero-order valence-corrected chi connectivity index (χ0v) is 15.4. The molecule has 26 heavy (non-hydrogen) atoms. The van der Waals surface area contributed by atoms with Gasteiger partial charge in [0.15, 0.2) is 0 Å². The molecule has 7 heteroatoms. The number of carboxylic acids is 1. The van der Waals surface area contributed by atoms with Gasteiger partial charge in [0.25, 0.3) is 5.91 Å². The summed E-state index contributed by atoms with van der Waals surface area (Å²) in [5.74, 6) is -1.29. The molecule has 2 heterocycles. The monoisotopic (exact) mass is 375 g/mol. The molecule has 3 rings (SSSR count). The number of benzene rings is 1. The van der Waals surface area contributed by atoms with E-state index in [0.29, 0.717) is 23.0 Å². The lowest BCUT2D eigenvalue weighted by molar-refractivity contribution is -0.138. The van der Waals surface area contributed by atoms with E-state index in [2.05, 4.69) is 12.0 Å². The van der Waals surface area contributed by atoms with Gasteiger partial charge >= 0.3 is 5.97 Å². The molecule has 0 fully saturated rings. The van der Waals surface area contributed by atoms with Crippen molar-refractivity contribution in [2.75, 3.05) is 13.1 Å². The van der Waals surface area contributed by atoms with Crippen LogP contribution in [0.4, 0.5) is 0 Å². The minimum atomic E-state index is -1.00. The minimum Gasteiger partial charge on any atom is -0.480 e. The molecule has 0 aliphatic carbocycles. The summed E-state index contributed by atoms with van der Waals surface area (Å²) in [6, 6.07) is 9.03. The van der Waals surface area contributed by atoms with Crippen LogP contribution >= 0.6 is 11.6 Å². The lowest BCUT2D eigenvalue weighted by Crippen LogP contribution is -2.45. The third-order valence-electron chi connectivity index (χ3n) is 4.63. The van der Waals surface area contributed by atoms with E-state index in [-0.39, 0.29) is 18.5 Å². The zero-order valence-electron chi connectivity index (χ0n) is 14.7. The van der Waals surface area contributed by atoms with Crippen LogP contribution in [0.25, 0.3) is 11.3 Å². The number of carbonyl (C=O) groups is 2. The normalized spacial score (nSPS) is 16.6. The van der Waals surface area contributed by atoms with Gasteiger partial charge in [0.2, 0.25) is 0 Å². The van der Waals surface area contributed by atoms with Crippen LogP contribution < -0.4 is 0 Å². The van der Waals surface area contributed by atoms with Gasteiger partial charge in [0.05, 0.1) is 11.7 Å². The molecule has 0 radical (unpaired) electrons. The number of amides is 1. The number of rotatable bonds is 7. The van der Waals surface area contributed by atoms with E-state index >= 15 is 0 Å². The predicted octanol–water partition coefficient (Wildman–Crippen LogP) is 3.87. The highest BCUT2D eigenvalue weighted by Gasteiger charge is 2.33. The molecule has 0 saturated carbocycles. The van der Waals surface area contributed by atoms with Crippen LogP contribution in [0.3, 0.4) is 0 Å². The molecule has 1 amide bonds. The topological polar surface area (TPSA) is 75.4 Å². The second-order valence-corrected chi connectivity index (χ2v) is 7.03. The van der Waals surface area contributed by atoms with E-state index in [1.165, 1.54) is 4.90 Å². The van der Waals surface area contributed by atoms with Crippen molar-refractivity contribution in [3.05, 3.63) is 41.0 Å². The van der Waals surface area contributed by atoms with Crippen LogP contribution in [-0.4, -0.2) is 44.8 Å². The first-order chi connectivity index (χ1) is 12.5. The second-order valence-electron chi connectivity index (χ2n) is 6.60. The molecule has 0 spiro atoms. The molecule has 1 unspecified atom stereocenters. The third-order valence-corrected chi connectivity index (χ3v) is 4.88. The highest BCUT2D eigenvalue weighted by atomic mass is 35.5. The van der Waals surface area contributed by atoms with Crippen molar-refractivity contribution >= 4 is 23.5 Å². The van der Waals surface area contributed by atoms with Crippen molar-refractivity contribution in [3.8, 4) is 11.3 Å². The van der Waals surface area contributed by atoms with Gasteiger partial charge in [-0.05, 0) is 24.6 Å². The Morgan fingerprint density at radius 2 is 2.04 bits per heavy atom. The van der Waals surface area contributed by atoms with Crippen LogP contribution in [0.1, 0.15) is 49.1 Å². The van der Waals surface area contributed by atoms with Gasteiger partial charge in [-0.3, -0.25) is 14.3 Å². The molecule has 1 aromatic carbocycles. The van der Waals surface area contributed by atoms with Crippen molar-refractivity contribution in [2.45, 2.75) is 38.6 Å². The summed E-state index contributed by atoms with van der Waals surface area (Å²) in [5.41, 5.74) is 2.02. The molecule has 2 aromatic rings. The third kappa shape index (κ3) is 3.90. The summed E-state index contributed by atoms with van der Waals surface area (Å²) in [4.78, 5) is 25.2. The lowest BCUT2D eigenvalue weighted by atomic mass is 10.1. The summed E-state index contributed by atoms with van der Waals surface area (Å²) >= 11 is 5.94. The molecule has 1 aliphatic rings. The maximum atomic E-state index is 12.7. The Balaban J connectivity index is 1.94. The van der Waals surface area contributed by atoms with Crippen molar-refractivity contribution in [2.24, 2.45) is 0 Å². The summed E-state index contributed by atoms with van der Waals surface area (Å²) in [5, 5.41) is 14.4. The number of carbonyl (C=O) groups excluding carboxylic acids is 1. The summed E-state index contributed by atoms with van der Waals surface area (Å²) in [7, 11) is 0. The SMILES string of the molecule is CCCCCC1CN(CC(=O)O)C(=O)c2cc(-c3ccc(Cl)cc3)nn21. The van der Waals surface area contributed by atoms with E-state index in [0.717, 1.165) is 31.2 Å². The Morgan fingerprint density at radius 1 is 1.31 bits per heavy atom. The molecular weight excluding hydrogens is 354 g/mol. The van der Waals surface area contributed by atoms with E-state index < -0.39 is 5.97 Å². The van der Waals surface area contributed by atoms with Crippen LogP contribution in [-0.2, 0) is 4.79 Å². The van der Waals surface area contributed by atoms with Crippen molar-refractivity contribution in [3.63, 3.8) is 0 Å². The van der Waals surface area contributed by atoms with Crippen LogP contribution in [0.15, 0.2) is 30.3 Å². The van der Waals surface area contributed by atoms with Gasteiger partial charge in [0.1, 0.15) is 12.2 Å². The van der Waals surface area contributed by atoms with Gasteiger partial charge in [-0.1, -0.05) is 49.9 Å². The fraction of sp³-hybridized carbons (Fsp3) is 0.421. The molecule has 0 bridgehead atoms. The number of fused-ring (bicyclic) bond motifs is 1. The number of aliphatic carboxylic acids is 1. The van der Waals surface area contributed by atoms with Crippen LogP contribution in [0.5, 0.6) is 0 Å². The summed E-state index contributed by atoms with van der Waals surface area (Å²) < 4.78 is 1.78. The average molecular weight is 376 g/mol. The molecule has 1 aromatic heterocycles. The van der Waals surface area contributed by atoms with Gasteiger partial charge in [-0.2, -0.15) is 5.10 Å². The van der Waals surface area contributed by atoms with Crippen molar-refractivity contribution in [1.82, 2.24) is 14.7 Å². The first kappa shape index (κ1) is 18.5. The number of halogens is 1. The van der Waals surface area contributed by atoms with Gasteiger partial charge in [0, 0.05) is 17.1 Å². The Bertz CT molecular complexity index is 801. The Labute approximate surface area is 157 Å². The zero-order chi connectivity index (χ0) is 18.7. The van der Waals surface area contributed by atoms with Gasteiger partial charge in [-0.25, -0.2) is 0 Å². The van der Waals surface area contributed by atoms with Gasteiger partial charge in [-0.15, -0.1) is 0 Å². The maximum absolute atomic E-state index is 12.7. The molecule has 0 saturated heterocycles. The standard InChI is InChI=1S/C19H22ClN3O3/c1-2-3-4-5-15-11-22(12-18(24)25)19(26)17-10-16(21-23(15)17)13-6-8-14(20)9-7-13/h6-10,15H,2-5,11-12H2,1H3,(H,24,25). The predicted molar refractivity (Wildman–Crippen MR) is 99.4 cm³/mol. The van der Waals surface area contributed by atoms with E-state index in [1.54, 1.807) is 22.9 Å². The number of aromatic nitrogens is 2. The van der Waals surface area contributed by atoms with E-state index in [4.69, 9.17) is 16.7 Å². The lowest BCUT2D eigenvalue weighted by Gasteiger charge is -2.32. The minimum absolute atomic E-state index is 0.00495. The molecule has 1 atom stereocenters. The van der Waals surface area contributed by atoms with Crippen molar-refractivity contribution < 1.29 is 14.7 Å². The molecule has 138 valence electrons. The Hall–Kier alpha value is -2.34. The average Bonchev–Trinajstić information content (AvgIpc) is 3.05. The van der Waals surface area contributed by atoms with Crippen LogP contribution in [0.2, 0.25) is 5.02 Å². The van der Waals surface area contributed by atoms with E-state index in [9.17, 15) is 9.59 Å². The first-order valence-electron chi connectivity index (χ1n) is 8.86. The van der Waals surface area contributed by atoms with Crippen LogP contribution in [0, 0.1) is 0 Å². The highest BCUT2D eigenvalue weighted by Crippen LogP contribution is 2.29. The first-order valence-corrected chi connectivity index (χ1v) is 9.24. The quantitative estimate of drug-likeness (QED) is 0.745. The maximum Gasteiger partial charge on any atom is 0.323 e. The number of unbranched alkanes of at least 4 members (excludes halogenated alkanes) is 2. The molecule has 1 N–H and O–H groups in total. The second kappa shape index (κ2) is 7.91. The Morgan fingerprint density at radius 3 is 2.69 bits per heavy atom. The largest absolute Gasteiger partial charge is 0.480 e. The number of hydrogen-bond donors (Lipinski definition) is 1. The number of hydrogen-bond acceptors (Lipinski definition) is 3. The number of nitrogens with zero attached hydrogens (tertiary/aromatic N) is 3. The molecular formula is C19H22ClN3O3. The fourth-order valence-electron chi connectivity index (χ4n) is 3.31. The number of carboxylic acid groups (broad SMARTS) is 1. The molecule has 1 aliphatic heterocycles. The van der Waals surface area contributed by atoms with E-state index in [1.807, 2.05) is 12.1 Å². The smallest absolute Gasteiger partial charge is 0.323 e. The van der Waals surface area contributed by atoms with Crippen molar-refractivity contribution in [1.29, 1.82) is 0 Å². The highest BCUT2D eigenvalue weighted by molar-refractivity contribution is 6.30. The summed E-state index contributed by atoms with van der Waals surface area (Å²) in [6.45, 7) is 2.23. The Kier molecular flexibility index (Phi) is 5.61. The summed E-state index contributed by atoms with van der Waals surface area (Å²) in [6.07, 6.45) is 4.09.